The van der Waals surface area contributed by atoms with Gasteiger partial charge in [0, 0.05) is 5.56 Å². The summed E-state index contributed by atoms with van der Waals surface area (Å²) in [6, 6.07) is 13.7. The Morgan fingerprint density at radius 2 is 1.75 bits per heavy atom. The summed E-state index contributed by atoms with van der Waals surface area (Å²) in [5, 5.41) is 8.48. The third-order valence-electron chi connectivity index (χ3n) is 3.57. The lowest BCUT2D eigenvalue weighted by Gasteiger charge is -2.28. The molecule has 3 N–H and O–H groups in total. The highest BCUT2D eigenvalue weighted by molar-refractivity contribution is 7.80. The van der Waals surface area contributed by atoms with E-state index in [1.807, 2.05) is 12.1 Å². The molecule has 0 bridgehead atoms. The van der Waals surface area contributed by atoms with Crippen molar-refractivity contribution >= 4 is 63.7 Å². The molecule has 0 aliphatic carbocycles. The van der Waals surface area contributed by atoms with E-state index in [0.717, 1.165) is 0 Å². The van der Waals surface area contributed by atoms with Gasteiger partial charge in [-0.15, -0.1) is 0 Å². The molecule has 1 atom stereocenters. The molecule has 0 saturated heterocycles. The van der Waals surface area contributed by atoms with Crippen molar-refractivity contribution in [1.29, 1.82) is 0 Å². The molecule has 6 nitrogen and oxygen atoms in total. The number of hydrogen-bond donors (Lipinski definition) is 3. The van der Waals surface area contributed by atoms with Crippen LogP contribution in [0.2, 0.25) is 0 Å². The molecular formula is C18H18Cl3N3O3S. The van der Waals surface area contributed by atoms with Gasteiger partial charge in [0.15, 0.2) is 5.11 Å². The first-order chi connectivity index (χ1) is 13.2. The van der Waals surface area contributed by atoms with Crippen LogP contribution in [0.25, 0.3) is 0 Å². The Kier molecular flexibility index (Phi) is 8.00. The molecule has 0 radical (unpaired) electrons. The van der Waals surface area contributed by atoms with Crippen molar-refractivity contribution in [3.8, 4) is 11.5 Å². The van der Waals surface area contributed by atoms with Gasteiger partial charge in [-0.3, -0.25) is 4.79 Å². The smallest absolute Gasteiger partial charge is 0.253 e. The molecule has 0 heterocycles. The molecule has 150 valence electrons. The Balaban J connectivity index is 2.11. The summed E-state index contributed by atoms with van der Waals surface area (Å²) in [4.78, 5) is 12.5. The van der Waals surface area contributed by atoms with E-state index in [0.29, 0.717) is 22.7 Å². The zero-order valence-corrected chi connectivity index (χ0v) is 18.0. The summed E-state index contributed by atoms with van der Waals surface area (Å²) in [7, 11) is 3.04. The van der Waals surface area contributed by atoms with Crippen molar-refractivity contribution in [2.75, 3.05) is 19.5 Å². The highest BCUT2D eigenvalue weighted by Crippen LogP contribution is 2.30. The van der Waals surface area contributed by atoms with Crippen LogP contribution in [0.1, 0.15) is 10.4 Å². The van der Waals surface area contributed by atoms with E-state index in [1.165, 1.54) is 14.2 Å². The number of alkyl halides is 3. The maximum Gasteiger partial charge on any atom is 0.253 e. The second-order valence-corrected chi connectivity index (χ2v) is 8.26. The number of hydrogen-bond acceptors (Lipinski definition) is 4. The van der Waals surface area contributed by atoms with E-state index in [2.05, 4.69) is 16.0 Å². The predicted molar refractivity (Wildman–Crippen MR) is 117 cm³/mol. The molecule has 1 amide bonds. The third kappa shape index (κ3) is 6.31. The van der Waals surface area contributed by atoms with Crippen LogP contribution in [-0.4, -0.2) is 35.2 Å². The summed E-state index contributed by atoms with van der Waals surface area (Å²) in [6.07, 6.45) is -1.11. The largest absolute Gasteiger partial charge is 0.497 e. The maximum atomic E-state index is 12.5. The first-order valence-corrected chi connectivity index (χ1v) is 9.51. The van der Waals surface area contributed by atoms with Crippen molar-refractivity contribution in [3.63, 3.8) is 0 Å². The topological polar surface area (TPSA) is 71.6 Å². The van der Waals surface area contributed by atoms with E-state index in [4.69, 9.17) is 56.5 Å². The zero-order valence-electron chi connectivity index (χ0n) is 15.0. The molecular weight excluding hydrogens is 445 g/mol. The van der Waals surface area contributed by atoms with Gasteiger partial charge < -0.3 is 25.4 Å². The number of nitrogens with one attached hydrogen (secondary N) is 3. The second-order valence-electron chi connectivity index (χ2n) is 5.48. The molecule has 0 aromatic heterocycles. The molecule has 0 fully saturated rings. The number of methoxy groups -OCH3 is 2. The molecule has 10 heteroatoms. The van der Waals surface area contributed by atoms with E-state index in [9.17, 15) is 4.79 Å². The lowest BCUT2D eigenvalue weighted by Crippen LogP contribution is -2.56. The standard InChI is InChI=1S/C18H18Cl3N3O3S/c1-26-12-7-5-6-11(10-12)15(25)23-16(18(19,20)21)24-17(28)22-13-8-3-4-9-14(13)27-2/h3-10,16H,1-2H3,(H,23,25)(H2,22,24,28)/t16-/m0/s1. The first kappa shape index (κ1) is 22.4. The van der Waals surface area contributed by atoms with Gasteiger partial charge in [0.2, 0.25) is 3.79 Å². The number of carbonyl (C=O) groups is 1. The number of benzene rings is 2. The van der Waals surface area contributed by atoms with Crippen molar-refractivity contribution in [2.24, 2.45) is 0 Å². The maximum absolute atomic E-state index is 12.5. The molecule has 0 aliphatic rings. The van der Waals surface area contributed by atoms with Crippen LogP contribution in [-0.2, 0) is 0 Å². The summed E-state index contributed by atoms with van der Waals surface area (Å²) in [5.74, 6) is 0.639. The SMILES string of the molecule is COc1cccc(C(=O)N[C@@H](NC(=S)Nc2ccccc2OC)C(Cl)(Cl)Cl)c1. The van der Waals surface area contributed by atoms with Crippen LogP contribution >= 0.6 is 47.0 Å². The fourth-order valence-corrected chi connectivity index (χ4v) is 2.77. The molecule has 2 aromatic rings. The van der Waals surface area contributed by atoms with Crippen LogP contribution in [0, 0.1) is 0 Å². The fraction of sp³-hybridized carbons (Fsp3) is 0.222. The highest BCUT2D eigenvalue weighted by atomic mass is 35.6. The Labute approximate surface area is 183 Å². The van der Waals surface area contributed by atoms with Crippen LogP contribution in [0.4, 0.5) is 5.69 Å². The molecule has 0 unspecified atom stereocenters. The normalized spacial score (nSPS) is 11.9. The third-order valence-corrected chi connectivity index (χ3v) is 4.44. The van der Waals surface area contributed by atoms with Crippen molar-refractivity contribution in [3.05, 3.63) is 54.1 Å². The van der Waals surface area contributed by atoms with E-state index in [-0.39, 0.29) is 5.11 Å². The van der Waals surface area contributed by atoms with E-state index < -0.39 is 15.9 Å². The number of anilines is 1. The summed E-state index contributed by atoms with van der Waals surface area (Å²) >= 11 is 23.3. The lowest BCUT2D eigenvalue weighted by molar-refractivity contribution is 0.0934. The zero-order chi connectivity index (χ0) is 20.7. The quantitative estimate of drug-likeness (QED) is 0.341. The second kappa shape index (κ2) is 10.0. The Bertz CT molecular complexity index is 846. The van der Waals surface area contributed by atoms with Gasteiger partial charge in [-0.25, -0.2) is 0 Å². The Morgan fingerprint density at radius 3 is 2.39 bits per heavy atom. The number of thiocarbonyl (C=S) groups is 1. The van der Waals surface area contributed by atoms with Crippen LogP contribution in [0.3, 0.4) is 0 Å². The summed E-state index contributed by atoms with van der Waals surface area (Å²) < 4.78 is 8.49. The van der Waals surface area contributed by atoms with Crippen LogP contribution in [0.15, 0.2) is 48.5 Å². The fourth-order valence-electron chi connectivity index (χ4n) is 2.22. The minimum atomic E-state index is -1.87. The number of amides is 1. The Morgan fingerprint density at radius 1 is 1.04 bits per heavy atom. The number of carbonyl (C=O) groups excluding carboxylic acids is 1. The number of halogens is 3. The van der Waals surface area contributed by atoms with Gasteiger partial charge >= 0.3 is 0 Å². The van der Waals surface area contributed by atoms with Crippen LogP contribution in [0.5, 0.6) is 11.5 Å². The first-order valence-electron chi connectivity index (χ1n) is 7.96. The average Bonchev–Trinajstić information content (AvgIpc) is 2.67. The van der Waals surface area contributed by atoms with Crippen molar-refractivity contribution in [2.45, 2.75) is 9.96 Å². The molecule has 0 aliphatic heterocycles. The van der Waals surface area contributed by atoms with Crippen LogP contribution < -0.4 is 25.4 Å². The van der Waals surface area contributed by atoms with Gasteiger partial charge in [0.25, 0.3) is 5.91 Å². The highest BCUT2D eigenvalue weighted by Gasteiger charge is 2.35. The van der Waals surface area contributed by atoms with E-state index in [1.54, 1.807) is 36.4 Å². The number of ether oxygens (including phenoxy) is 2. The monoisotopic (exact) mass is 461 g/mol. The summed E-state index contributed by atoms with van der Waals surface area (Å²) in [6.45, 7) is 0. The molecule has 2 aromatic carbocycles. The molecule has 2 rings (SSSR count). The van der Waals surface area contributed by atoms with Gasteiger partial charge in [0.05, 0.1) is 19.9 Å². The molecule has 28 heavy (non-hydrogen) atoms. The van der Waals surface area contributed by atoms with Crippen molar-refractivity contribution < 1.29 is 14.3 Å². The Hall–Kier alpha value is -1.93. The van der Waals surface area contributed by atoms with Gasteiger partial charge in [-0.05, 0) is 42.5 Å². The number of para-hydroxylation sites is 2. The van der Waals surface area contributed by atoms with Gasteiger partial charge in [-0.1, -0.05) is 53.0 Å². The van der Waals surface area contributed by atoms with Gasteiger partial charge in [0.1, 0.15) is 17.7 Å². The summed E-state index contributed by atoms with van der Waals surface area (Å²) in [5.41, 5.74) is 0.952. The lowest BCUT2D eigenvalue weighted by atomic mass is 10.2. The minimum Gasteiger partial charge on any atom is -0.497 e. The number of rotatable bonds is 6. The predicted octanol–water partition coefficient (Wildman–Crippen LogP) is 4.12. The van der Waals surface area contributed by atoms with Crippen molar-refractivity contribution in [1.82, 2.24) is 10.6 Å². The van der Waals surface area contributed by atoms with Gasteiger partial charge in [-0.2, -0.15) is 0 Å². The molecule has 0 saturated carbocycles. The molecule has 0 spiro atoms. The average molecular weight is 463 g/mol. The van der Waals surface area contributed by atoms with E-state index >= 15 is 0 Å². The minimum absolute atomic E-state index is 0.131.